The van der Waals surface area contributed by atoms with E-state index in [4.69, 9.17) is 5.11 Å². The van der Waals surface area contributed by atoms with Crippen molar-refractivity contribution in [2.24, 2.45) is 11.3 Å². The molecule has 305 valence electrons. The standard InChI is InChI=1S/C38H41F3NS.C7H9F3O2.Ir/c1-21(2)30-32-29(38(39,40)41)20-42-33(26-17-25-13-11-12-14-27(25)28(18-26)37(8,9)10)35(32)43-34(30)31-22(3)15-24(16-23(31)4)19-36(5,6)7;1-4(2)5(11)3-6(12)7(8,9)10;/h11-16,18,20-21H,19H2,1-10H3;3-4,11H,1-2H3;/q-1;;/b;5-3-;. The van der Waals surface area contributed by atoms with Gasteiger partial charge < -0.3 is 5.11 Å². The number of fused-ring (bicyclic) bond motifs is 2. The number of carbonyl (C=O) groups excluding carboxylic acids is 1. The number of rotatable bonds is 6. The van der Waals surface area contributed by atoms with Crippen molar-refractivity contribution >= 4 is 38.0 Å². The Morgan fingerprint density at radius 3 is 1.95 bits per heavy atom. The number of hydrogen-bond acceptors (Lipinski definition) is 4. The predicted molar refractivity (Wildman–Crippen MR) is 214 cm³/mol. The summed E-state index contributed by atoms with van der Waals surface area (Å²) in [5.74, 6) is -3.19. The van der Waals surface area contributed by atoms with Crippen LogP contribution in [0.3, 0.4) is 0 Å². The van der Waals surface area contributed by atoms with Gasteiger partial charge in [-0.2, -0.15) is 26.3 Å². The molecular formula is C45H50F6IrNO2S-. The van der Waals surface area contributed by atoms with Gasteiger partial charge in [-0.3, -0.25) is 9.78 Å². The molecule has 0 fully saturated rings. The molecule has 0 aliphatic rings. The minimum Gasteiger partial charge on any atom is -0.512 e. The molecule has 1 radical (unpaired) electrons. The molecule has 0 saturated carbocycles. The molecule has 1 N–H and O–H groups in total. The van der Waals surface area contributed by atoms with Gasteiger partial charge in [-0.25, -0.2) is 0 Å². The zero-order valence-corrected chi connectivity index (χ0v) is 37.1. The molecule has 0 aliphatic heterocycles. The molecule has 0 unspecified atom stereocenters. The molecule has 0 amide bonds. The summed E-state index contributed by atoms with van der Waals surface area (Å²) < 4.78 is 79.3. The zero-order chi connectivity index (χ0) is 41.6. The van der Waals surface area contributed by atoms with Crippen LogP contribution in [0.25, 0.3) is 42.6 Å². The van der Waals surface area contributed by atoms with E-state index in [9.17, 15) is 31.1 Å². The van der Waals surface area contributed by atoms with E-state index < -0.39 is 35.4 Å². The fraction of sp³-hybridized carbons (Fsp3) is 0.422. The molecule has 5 rings (SSSR count). The minimum atomic E-state index is -4.90. The van der Waals surface area contributed by atoms with Crippen molar-refractivity contribution in [3.63, 3.8) is 0 Å². The average Bonchev–Trinajstić information content (AvgIpc) is 3.41. The SMILES string of the molecule is CC(C)/C(O)=C/C(=O)C(F)(F)F.Cc1cc(CC(C)(C)C)cc(C)c1-c1sc2c(-c3[c-]c4ccccc4c(C(C)(C)C)c3)ncc(C(F)(F)F)c2c1C(C)C.[Ir]. The summed E-state index contributed by atoms with van der Waals surface area (Å²) in [7, 11) is 0. The van der Waals surface area contributed by atoms with E-state index in [0.717, 1.165) is 61.6 Å². The largest absolute Gasteiger partial charge is 0.512 e. The van der Waals surface area contributed by atoms with E-state index in [1.54, 1.807) is 0 Å². The Labute approximate surface area is 344 Å². The molecule has 2 aromatic heterocycles. The van der Waals surface area contributed by atoms with Crippen molar-refractivity contribution in [2.45, 2.75) is 113 Å². The molecular weight excluding hydrogens is 925 g/mol. The van der Waals surface area contributed by atoms with Crippen LogP contribution >= 0.6 is 11.3 Å². The van der Waals surface area contributed by atoms with Crippen molar-refractivity contribution in [1.29, 1.82) is 0 Å². The number of halogens is 6. The predicted octanol–water partition coefficient (Wildman–Crippen LogP) is 14.4. The molecule has 0 aliphatic carbocycles. The van der Waals surface area contributed by atoms with Crippen LogP contribution in [0, 0.1) is 31.2 Å². The number of benzene rings is 3. The maximum atomic E-state index is 14.7. The molecule has 0 atom stereocenters. The van der Waals surface area contributed by atoms with Crippen LogP contribution in [-0.4, -0.2) is 22.1 Å². The van der Waals surface area contributed by atoms with Gasteiger partial charge in [0.2, 0.25) is 0 Å². The third kappa shape index (κ3) is 10.7. The van der Waals surface area contributed by atoms with Gasteiger partial charge in [0, 0.05) is 59.0 Å². The van der Waals surface area contributed by atoms with Gasteiger partial charge in [0.15, 0.2) is 0 Å². The van der Waals surface area contributed by atoms with Gasteiger partial charge in [0.1, 0.15) is 0 Å². The van der Waals surface area contributed by atoms with E-state index in [1.165, 1.54) is 30.7 Å². The summed E-state index contributed by atoms with van der Waals surface area (Å²) in [5, 5.41) is 11.1. The van der Waals surface area contributed by atoms with Crippen molar-refractivity contribution in [2.75, 3.05) is 0 Å². The summed E-state index contributed by atoms with van der Waals surface area (Å²) in [5.41, 5.74) is 6.86. The van der Waals surface area contributed by atoms with Gasteiger partial charge in [-0.15, -0.1) is 40.5 Å². The number of aromatic nitrogens is 1. The van der Waals surface area contributed by atoms with Crippen LogP contribution in [0.5, 0.6) is 0 Å². The minimum absolute atomic E-state index is 0. The van der Waals surface area contributed by atoms with Crippen LogP contribution < -0.4 is 0 Å². The van der Waals surface area contributed by atoms with Crippen LogP contribution in [0.1, 0.15) is 109 Å². The smallest absolute Gasteiger partial charge is 0.454 e. The van der Waals surface area contributed by atoms with Crippen LogP contribution in [-0.2, 0) is 42.9 Å². The Morgan fingerprint density at radius 1 is 0.893 bits per heavy atom. The number of nitrogens with zero attached hydrogens (tertiary/aromatic N) is 1. The maximum absolute atomic E-state index is 14.7. The van der Waals surface area contributed by atoms with E-state index in [2.05, 4.69) is 90.7 Å². The number of aliphatic hydroxyl groups is 1. The second kappa shape index (κ2) is 17.1. The number of thiophene rings is 1. The van der Waals surface area contributed by atoms with Gasteiger partial charge in [0.05, 0.1) is 11.3 Å². The number of pyridine rings is 1. The summed E-state index contributed by atoms with van der Waals surface area (Å²) in [6.07, 6.45) is -7.27. The summed E-state index contributed by atoms with van der Waals surface area (Å²) in [6.45, 7) is 24.2. The Hall–Kier alpha value is -3.53. The quantitative estimate of drug-likeness (QED) is 0.0798. The maximum Gasteiger partial charge on any atom is 0.454 e. The van der Waals surface area contributed by atoms with E-state index in [0.29, 0.717) is 10.4 Å². The molecule has 5 aromatic rings. The number of ketones is 1. The first-order chi connectivity index (χ1) is 25.1. The molecule has 0 spiro atoms. The third-order valence-electron chi connectivity index (χ3n) is 9.18. The first kappa shape index (κ1) is 46.8. The van der Waals surface area contributed by atoms with Crippen LogP contribution in [0.4, 0.5) is 26.3 Å². The Kier molecular flexibility index (Phi) is 14.3. The molecule has 2 heterocycles. The van der Waals surface area contributed by atoms with E-state index >= 15 is 0 Å². The topological polar surface area (TPSA) is 50.2 Å². The van der Waals surface area contributed by atoms with Gasteiger partial charge in [0.25, 0.3) is 5.78 Å². The molecule has 0 bridgehead atoms. The van der Waals surface area contributed by atoms with Crippen LogP contribution in [0.15, 0.2) is 60.5 Å². The average molecular weight is 975 g/mol. The van der Waals surface area contributed by atoms with Crippen molar-refractivity contribution in [3.05, 3.63) is 99.9 Å². The molecule has 3 nitrogen and oxygen atoms in total. The fourth-order valence-corrected chi connectivity index (χ4v) is 8.42. The number of aliphatic hydroxyl groups excluding tert-OH is 1. The summed E-state index contributed by atoms with van der Waals surface area (Å²) in [4.78, 5) is 15.7. The zero-order valence-electron chi connectivity index (χ0n) is 33.9. The third-order valence-corrected chi connectivity index (χ3v) is 10.4. The van der Waals surface area contributed by atoms with Gasteiger partial charge >= 0.3 is 12.4 Å². The normalized spacial score (nSPS) is 13.0. The number of carbonyl (C=O) groups is 1. The Bertz CT molecular complexity index is 2230. The number of allylic oxidation sites excluding steroid dienone is 2. The second-order valence-electron chi connectivity index (χ2n) is 17.0. The summed E-state index contributed by atoms with van der Waals surface area (Å²) in [6, 6.07) is 18.1. The fourth-order valence-electron chi connectivity index (χ4n) is 6.76. The molecule has 3 aromatic carbocycles. The van der Waals surface area contributed by atoms with Crippen LogP contribution in [0.2, 0.25) is 0 Å². The Balaban J connectivity index is 0.000000560. The van der Waals surface area contributed by atoms with Crippen molar-refractivity contribution in [3.8, 4) is 21.7 Å². The first-order valence-corrected chi connectivity index (χ1v) is 19.0. The second-order valence-corrected chi connectivity index (χ2v) is 18.1. The number of alkyl halides is 6. The number of aryl methyl sites for hydroxylation is 2. The van der Waals surface area contributed by atoms with Crippen molar-refractivity contribution < 1.29 is 56.3 Å². The molecule has 56 heavy (non-hydrogen) atoms. The van der Waals surface area contributed by atoms with E-state index in [-0.39, 0.29) is 48.3 Å². The monoisotopic (exact) mass is 975 g/mol. The first-order valence-electron chi connectivity index (χ1n) is 18.2. The Morgan fingerprint density at radius 2 is 1.46 bits per heavy atom. The summed E-state index contributed by atoms with van der Waals surface area (Å²) >= 11 is 1.44. The number of hydrogen-bond donors (Lipinski definition) is 1. The van der Waals surface area contributed by atoms with Gasteiger partial charge in [-0.1, -0.05) is 111 Å². The van der Waals surface area contributed by atoms with E-state index in [1.807, 2.05) is 32.0 Å². The molecule has 0 saturated heterocycles. The van der Waals surface area contributed by atoms with Gasteiger partial charge in [-0.05, 0) is 64.8 Å². The molecule has 11 heteroatoms. The van der Waals surface area contributed by atoms with Crippen molar-refractivity contribution in [1.82, 2.24) is 4.98 Å².